The molecule has 13 heavy (non-hydrogen) atoms. The molecule has 1 aliphatic rings. The fourth-order valence-corrected chi connectivity index (χ4v) is 1.71. The van der Waals surface area contributed by atoms with E-state index >= 15 is 0 Å². The van der Waals surface area contributed by atoms with E-state index in [1.54, 1.807) is 0 Å². The minimum atomic E-state index is -1.02. The van der Waals surface area contributed by atoms with Crippen molar-refractivity contribution in [3.63, 3.8) is 0 Å². The zero-order valence-electron chi connectivity index (χ0n) is 7.53. The molecule has 1 fully saturated rings. The van der Waals surface area contributed by atoms with Gasteiger partial charge in [0.1, 0.15) is 11.8 Å². The van der Waals surface area contributed by atoms with Gasteiger partial charge in [0.05, 0.1) is 0 Å². The van der Waals surface area contributed by atoms with E-state index in [0.29, 0.717) is 12.8 Å². The van der Waals surface area contributed by atoms with Crippen molar-refractivity contribution >= 4 is 11.8 Å². The third-order valence-electron chi connectivity index (χ3n) is 2.54. The first-order valence-corrected chi connectivity index (χ1v) is 4.62. The average molecular weight is 185 g/mol. The minimum absolute atomic E-state index is 0.111. The third kappa shape index (κ3) is 2.81. The van der Waals surface area contributed by atoms with Crippen LogP contribution >= 0.6 is 0 Å². The van der Waals surface area contributed by atoms with E-state index in [4.69, 9.17) is 10.8 Å². The van der Waals surface area contributed by atoms with Crippen molar-refractivity contribution in [2.45, 2.75) is 38.1 Å². The first-order valence-electron chi connectivity index (χ1n) is 4.62. The molecule has 0 aromatic rings. The monoisotopic (exact) mass is 185 g/mol. The van der Waals surface area contributed by atoms with Gasteiger partial charge in [-0.2, -0.15) is 0 Å². The molecule has 0 aromatic carbocycles. The minimum Gasteiger partial charge on any atom is -0.480 e. The van der Waals surface area contributed by atoms with Crippen LogP contribution in [-0.2, 0) is 9.59 Å². The van der Waals surface area contributed by atoms with Crippen molar-refractivity contribution in [3.05, 3.63) is 0 Å². The Morgan fingerprint density at radius 3 is 2.85 bits per heavy atom. The number of carboxylic acid groups (broad SMARTS) is 1. The van der Waals surface area contributed by atoms with Crippen LogP contribution in [0.5, 0.6) is 0 Å². The lowest BCUT2D eigenvalue weighted by Crippen LogP contribution is -2.35. The number of hydrogen-bond acceptors (Lipinski definition) is 3. The largest absolute Gasteiger partial charge is 0.480 e. The zero-order chi connectivity index (χ0) is 9.84. The van der Waals surface area contributed by atoms with Crippen LogP contribution in [-0.4, -0.2) is 22.9 Å². The number of carbonyl (C=O) groups is 2. The number of carbonyl (C=O) groups excluding carboxylic acids is 1. The maximum absolute atomic E-state index is 11.3. The van der Waals surface area contributed by atoms with Gasteiger partial charge in [0, 0.05) is 12.3 Å². The smallest absolute Gasteiger partial charge is 0.320 e. The van der Waals surface area contributed by atoms with Crippen LogP contribution in [0.15, 0.2) is 0 Å². The molecule has 0 aromatic heterocycles. The van der Waals surface area contributed by atoms with E-state index in [2.05, 4.69) is 0 Å². The number of ketones is 1. The van der Waals surface area contributed by atoms with Gasteiger partial charge in [-0.1, -0.05) is 6.42 Å². The molecule has 0 spiro atoms. The highest BCUT2D eigenvalue weighted by Crippen LogP contribution is 2.24. The molecule has 0 aliphatic heterocycles. The molecule has 3 N–H and O–H groups in total. The topological polar surface area (TPSA) is 80.4 Å². The second-order valence-electron chi connectivity index (χ2n) is 3.59. The number of nitrogens with two attached hydrogens (primary N) is 1. The summed E-state index contributed by atoms with van der Waals surface area (Å²) in [5, 5.41) is 8.56. The fourth-order valence-electron chi connectivity index (χ4n) is 1.71. The lowest BCUT2D eigenvalue weighted by atomic mass is 9.84. The number of rotatable bonds is 3. The highest BCUT2D eigenvalue weighted by atomic mass is 16.4. The first kappa shape index (κ1) is 10.2. The van der Waals surface area contributed by atoms with Crippen molar-refractivity contribution < 1.29 is 14.7 Å². The quantitative estimate of drug-likeness (QED) is 0.672. The van der Waals surface area contributed by atoms with Crippen LogP contribution in [0.4, 0.5) is 0 Å². The van der Waals surface area contributed by atoms with E-state index < -0.39 is 12.0 Å². The van der Waals surface area contributed by atoms with Crippen molar-refractivity contribution in [2.75, 3.05) is 0 Å². The summed E-state index contributed by atoms with van der Waals surface area (Å²) in [6, 6.07) is -0.882. The molecule has 2 atom stereocenters. The molecule has 1 saturated carbocycles. The summed E-state index contributed by atoms with van der Waals surface area (Å²) < 4.78 is 0. The summed E-state index contributed by atoms with van der Waals surface area (Å²) in [7, 11) is 0. The Hall–Kier alpha value is -0.900. The molecule has 0 amide bonds. The van der Waals surface area contributed by atoms with E-state index in [-0.39, 0.29) is 11.7 Å². The molecule has 0 radical (unpaired) electrons. The molecule has 74 valence electrons. The molecule has 0 heterocycles. The Labute approximate surface area is 77.1 Å². The second kappa shape index (κ2) is 4.37. The van der Waals surface area contributed by atoms with Crippen LogP contribution in [0.2, 0.25) is 0 Å². The average Bonchev–Trinajstić information content (AvgIpc) is 2.08. The van der Waals surface area contributed by atoms with E-state index in [1.165, 1.54) is 0 Å². The lowest BCUT2D eigenvalue weighted by molar-refractivity contribution is -0.139. The van der Waals surface area contributed by atoms with Crippen molar-refractivity contribution in [3.8, 4) is 0 Å². The lowest BCUT2D eigenvalue weighted by Gasteiger charge is -2.21. The van der Waals surface area contributed by atoms with Gasteiger partial charge in [-0.15, -0.1) is 0 Å². The van der Waals surface area contributed by atoms with Crippen molar-refractivity contribution in [1.29, 1.82) is 0 Å². The molecule has 4 heteroatoms. The van der Waals surface area contributed by atoms with Gasteiger partial charge in [0.15, 0.2) is 0 Å². The van der Waals surface area contributed by atoms with Gasteiger partial charge < -0.3 is 10.8 Å². The summed E-state index contributed by atoms with van der Waals surface area (Å²) >= 11 is 0. The summed E-state index contributed by atoms with van der Waals surface area (Å²) in [5.74, 6) is -0.943. The third-order valence-corrected chi connectivity index (χ3v) is 2.54. The Bertz CT molecular complexity index is 215. The van der Waals surface area contributed by atoms with Gasteiger partial charge in [0.25, 0.3) is 0 Å². The molecule has 0 unspecified atom stereocenters. The van der Waals surface area contributed by atoms with E-state index in [0.717, 1.165) is 19.3 Å². The highest BCUT2D eigenvalue weighted by Gasteiger charge is 2.26. The molecule has 4 nitrogen and oxygen atoms in total. The van der Waals surface area contributed by atoms with Gasteiger partial charge in [0.2, 0.25) is 0 Å². The van der Waals surface area contributed by atoms with E-state index in [1.807, 2.05) is 0 Å². The summed E-state index contributed by atoms with van der Waals surface area (Å²) in [6.45, 7) is 0. The van der Waals surface area contributed by atoms with Gasteiger partial charge >= 0.3 is 5.97 Å². The predicted molar refractivity (Wildman–Crippen MR) is 47.2 cm³/mol. The number of Topliss-reactive ketones (excluding diaryl/α,β-unsaturated/α-hetero) is 1. The van der Waals surface area contributed by atoms with Crippen LogP contribution in [0.1, 0.15) is 32.1 Å². The van der Waals surface area contributed by atoms with Crippen molar-refractivity contribution in [1.82, 2.24) is 0 Å². The fraction of sp³-hybridized carbons (Fsp3) is 0.778. The number of aliphatic carboxylic acids is 1. The van der Waals surface area contributed by atoms with Gasteiger partial charge in [-0.3, -0.25) is 9.59 Å². The SMILES string of the molecule is N[C@@H](C[C@H]1CCCCC1=O)C(=O)O. The van der Waals surface area contributed by atoms with Crippen LogP contribution in [0, 0.1) is 5.92 Å². The number of carboxylic acids is 1. The molecular weight excluding hydrogens is 170 g/mol. The Morgan fingerprint density at radius 1 is 1.62 bits per heavy atom. The van der Waals surface area contributed by atoms with Crippen LogP contribution < -0.4 is 5.73 Å². The first-order chi connectivity index (χ1) is 6.11. The van der Waals surface area contributed by atoms with Gasteiger partial charge in [-0.05, 0) is 19.3 Å². The number of hydrogen-bond donors (Lipinski definition) is 2. The molecular formula is C9H15NO3. The maximum Gasteiger partial charge on any atom is 0.320 e. The Balaban J connectivity index is 2.42. The summed E-state index contributed by atoms with van der Waals surface area (Å²) in [5.41, 5.74) is 5.36. The van der Waals surface area contributed by atoms with Gasteiger partial charge in [-0.25, -0.2) is 0 Å². The second-order valence-corrected chi connectivity index (χ2v) is 3.59. The molecule has 0 bridgehead atoms. The highest BCUT2D eigenvalue weighted by molar-refractivity contribution is 5.82. The molecule has 1 aliphatic carbocycles. The van der Waals surface area contributed by atoms with Crippen LogP contribution in [0.3, 0.4) is 0 Å². The van der Waals surface area contributed by atoms with Crippen molar-refractivity contribution in [2.24, 2.45) is 11.7 Å². The molecule has 1 rings (SSSR count). The maximum atomic E-state index is 11.3. The summed E-state index contributed by atoms with van der Waals surface area (Å²) in [4.78, 5) is 21.7. The molecule has 0 saturated heterocycles. The predicted octanol–water partition coefficient (Wildman–Crippen LogP) is 0.548. The normalized spacial score (nSPS) is 25.6. The van der Waals surface area contributed by atoms with E-state index in [9.17, 15) is 9.59 Å². The summed E-state index contributed by atoms with van der Waals surface area (Å²) in [6.07, 6.45) is 3.66. The Kier molecular flexibility index (Phi) is 3.42. The standard InChI is InChI=1S/C9H15NO3/c10-7(9(12)13)5-6-3-1-2-4-8(6)11/h6-7H,1-5,10H2,(H,12,13)/t6-,7+/m1/s1. The van der Waals surface area contributed by atoms with Crippen LogP contribution in [0.25, 0.3) is 0 Å². The Morgan fingerprint density at radius 2 is 2.31 bits per heavy atom. The zero-order valence-corrected chi connectivity index (χ0v) is 7.53.